The van der Waals surface area contributed by atoms with Crippen molar-refractivity contribution in [2.24, 2.45) is 0 Å². The number of esters is 1. The summed E-state index contributed by atoms with van der Waals surface area (Å²) >= 11 is 0. The Kier molecular flexibility index (Phi) is 4.20. The molecule has 0 radical (unpaired) electrons. The third kappa shape index (κ3) is 2.64. The lowest BCUT2D eigenvalue weighted by atomic mass is 10.0. The van der Waals surface area contributed by atoms with E-state index in [0.29, 0.717) is 6.54 Å². The van der Waals surface area contributed by atoms with Crippen molar-refractivity contribution in [2.45, 2.75) is 18.9 Å². The molecule has 1 heterocycles. The van der Waals surface area contributed by atoms with Crippen LogP contribution in [0, 0.1) is 0 Å². The Balaban J connectivity index is 2.13. The van der Waals surface area contributed by atoms with Gasteiger partial charge < -0.3 is 15.0 Å². The van der Waals surface area contributed by atoms with E-state index in [9.17, 15) is 4.79 Å². The number of para-hydroxylation sites is 1. The van der Waals surface area contributed by atoms with Crippen molar-refractivity contribution >= 4 is 11.7 Å². The molecule has 0 aromatic heterocycles. The van der Waals surface area contributed by atoms with Crippen molar-refractivity contribution in [3.05, 3.63) is 29.8 Å². The van der Waals surface area contributed by atoms with Gasteiger partial charge in [0.25, 0.3) is 0 Å². The highest BCUT2D eigenvalue weighted by Crippen LogP contribution is 2.26. The van der Waals surface area contributed by atoms with E-state index in [2.05, 4.69) is 28.4 Å². The number of carbonyl (C=O) groups is 1. The molecule has 1 aliphatic rings. The Morgan fingerprint density at radius 1 is 1.50 bits per heavy atom. The van der Waals surface area contributed by atoms with E-state index in [-0.39, 0.29) is 12.0 Å². The molecule has 98 valence electrons. The van der Waals surface area contributed by atoms with Crippen LogP contribution in [0.15, 0.2) is 24.3 Å². The lowest BCUT2D eigenvalue weighted by Gasteiger charge is -2.33. The zero-order valence-electron chi connectivity index (χ0n) is 11.0. The van der Waals surface area contributed by atoms with Crippen molar-refractivity contribution in [1.82, 2.24) is 5.32 Å². The Hall–Kier alpha value is -1.55. The quantitative estimate of drug-likeness (QED) is 0.813. The largest absolute Gasteiger partial charge is 0.468 e. The highest BCUT2D eigenvalue weighted by molar-refractivity contribution is 5.76. The van der Waals surface area contributed by atoms with Crippen LogP contribution < -0.4 is 10.2 Å². The molecule has 0 fully saturated rings. The van der Waals surface area contributed by atoms with E-state index in [1.807, 2.05) is 6.07 Å². The van der Waals surface area contributed by atoms with E-state index < -0.39 is 0 Å². The number of methoxy groups -OCH3 is 1. The molecule has 1 unspecified atom stereocenters. The number of nitrogens with zero attached hydrogens (tertiary/aromatic N) is 1. The van der Waals surface area contributed by atoms with Crippen LogP contribution in [-0.2, 0) is 16.0 Å². The van der Waals surface area contributed by atoms with Gasteiger partial charge in [0.05, 0.1) is 7.11 Å². The lowest BCUT2D eigenvalue weighted by molar-refractivity contribution is -0.142. The number of rotatable bonds is 4. The third-order valence-electron chi connectivity index (χ3n) is 3.44. The van der Waals surface area contributed by atoms with Crippen molar-refractivity contribution in [2.75, 3.05) is 32.1 Å². The fourth-order valence-electron chi connectivity index (χ4n) is 2.45. The molecular formula is C14H20N2O2. The first-order valence-corrected chi connectivity index (χ1v) is 6.34. The van der Waals surface area contributed by atoms with Gasteiger partial charge in [-0.3, -0.25) is 4.79 Å². The van der Waals surface area contributed by atoms with Crippen molar-refractivity contribution in [3.8, 4) is 0 Å². The average Bonchev–Trinajstić information content (AvgIpc) is 2.44. The summed E-state index contributed by atoms with van der Waals surface area (Å²) in [4.78, 5) is 13.9. The first-order valence-electron chi connectivity index (χ1n) is 6.34. The molecule has 0 saturated heterocycles. The molecule has 1 aliphatic heterocycles. The van der Waals surface area contributed by atoms with Gasteiger partial charge in [0, 0.05) is 18.8 Å². The fraction of sp³-hybridized carbons (Fsp3) is 0.500. The molecule has 1 aromatic carbocycles. The number of fused-ring (bicyclic) bond motifs is 1. The second-order valence-corrected chi connectivity index (χ2v) is 4.54. The Morgan fingerprint density at radius 3 is 3.00 bits per heavy atom. The van der Waals surface area contributed by atoms with Gasteiger partial charge in [-0.15, -0.1) is 0 Å². The van der Waals surface area contributed by atoms with Gasteiger partial charge >= 0.3 is 5.97 Å². The predicted octanol–water partition coefficient (Wildman–Crippen LogP) is 1.20. The van der Waals surface area contributed by atoms with E-state index in [1.54, 1.807) is 7.05 Å². The van der Waals surface area contributed by atoms with Crippen LogP contribution >= 0.6 is 0 Å². The summed E-state index contributed by atoms with van der Waals surface area (Å²) in [5, 5.41) is 3.01. The van der Waals surface area contributed by atoms with Gasteiger partial charge in [-0.25, -0.2) is 0 Å². The highest BCUT2D eigenvalue weighted by Gasteiger charge is 2.23. The Bertz CT molecular complexity index is 420. The number of hydrogen-bond acceptors (Lipinski definition) is 4. The van der Waals surface area contributed by atoms with E-state index in [4.69, 9.17) is 4.74 Å². The van der Waals surface area contributed by atoms with Crippen LogP contribution in [0.5, 0.6) is 0 Å². The van der Waals surface area contributed by atoms with Crippen LogP contribution in [-0.4, -0.2) is 39.3 Å². The Labute approximate surface area is 108 Å². The summed E-state index contributed by atoms with van der Waals surface area (Å²) < 4.78 is 4.80. The van der Waals surface area contributed by atoms with Crippen LogP contribution in [0.1, 0.15) is 12.0 Å². The minimum absolute atomic E-state index is 0.208. The third-order valence-corrected chi connectivity index (χ3v) is 3.44. The summed E-state index contributed by atoms with van der Waals surface area (Å²) in [5.41, 5.74) is 2.61. The number of aryl methyl sites for hydroxylation is 1. The molecular weight excluding hydrogens is 228 g/mol. The second-order valence-electron chi connectivity index (χ2n) is 4.54. The summed E-state index contributed by atoms with van der Waals surface area (Å²) in [5.74, 6) is -0.208. The van der Waals surface area contributed by atoms with Crippen LogP contribution in [0.2, 0.25) is 0 Å². The Morgan fingerprint density at radius 2 is 2.28 bits per heavy atom. The average molecular weight is 248 g/mol. The van der Waals surface area contributed by atoms with Crippen LogP contribution in [0.4, 0.5) is 5.69 Å². The maximum Gasteiger partial charge on any atom is 0.324 e. The molecule has 1 N–H and O–H groups in total. The maximum absolute atomic E-state index is 11.6. The number of likely N-dealkylation sites (N-methyl/N-ethyl adjacent to an activating group) is 1. The number of nitrogens with one attached hydrogen (secondary N) is 1. The minimum atomic E-state index is -0.277. The van der Waals surface area contributed by atoms with Crippen LogP contribution in [0.25, 0.3) is 0 Å². The zero-order chi connectivity index (χ0) is 13.0. The normalized spacial score (nSPS) is 16.0. The number of ether oxygens (including phenoxy) is 1. The first-order chi connectivity index (χ1) is 8.76. The lowest BCUT2D eigenvalue weighted by Crippen LogP contribution is -2.46. The fourth-order valence-corrected chi connectivity index (χ4v) is 2.45. The molecule has 0 amide bonds. The molecule has 0 aliphatic carbocycles. The van der Waals surface area contributed by atoms with Crippen molar-refractivity contribution in [3.63, 3.8) is 0 Å². The van der Waals surface area contributed by atoms with Gasteiger partial charge in [0.2, 0.25) is 0 Å². The second kappa shape index (κ2) is 5.87. The molecule has 4 heteroatoms. The molecule has 0 saturated carbocycles. The highest BCUT2D eigenvalue weighted by atomic mass is 16.5. The molecule has 0 bridgehead atoms. The first kappa shape index (κ1) is 12.9. The number of benzene rings is 1. The number of carbonyl (C=O) groups excluding carboxylic acids is 1. The topological polar surface area (TPSA) is 41.6 Å². The minimum Gasteiger partial charge on any atom is -0.468 e. The number of hydrogen-bond donors (Lipinski definition) is 1. The summed E-state index contributed by atoms with van der Waals surface area (Å²) in [6, 6.07) is 8.12. The van der Waals surface area contributed by atoms with Gasteiger partial charge in [-0.2, -0.15) is 0 Å². The van der Waals surface area contributed by atoms with E-state index >= 15 is 0 Å². The van der Waals surface area contributed by atoms with E-state index in [1.165, 1.54) is 18.4 Å². The monoisotopic (exact) mass is 248 g/mol. The summed E-state index contributed by atoms with van der Waals surface area (Å²) in [6.45, 7) is 1.65. The predicted molar refractivity (Wildman–Crippen MR) is 71.8 cm³/mol. The van der Waals surface area contributed by atoms with E-state index in [0.717, 1.165) is 19.4 Å². The van der Waals surface area contributed by atoms with Crippen LogP contribution in [0.3, 0.4) is 0 Å². The molecule has 4 nitrogen and oxygen atoms in total. The molecule has 0 spiro atoms. The van der Waals surface area contributed by atoms with Gasteiger partial charge in [-0.1, -0.05) is 18.2 Å². The molecule has 2 rings (SSSR count). The molecule has 1 aromatic rings. The number of anilines is 1. The van der Waals surface area contributed by atoms with Gasteiger partial charge in [0.1, 0.15) is 6.04 Å². The maximum atomic E-state index is 11.6. The SMILES string of the molecule is CNC(CN1CCCc2ccccc21)C(=O)OC. The van der Waals surface area contributed by atoms with Gasteiger partial charge in [-0.05, 0) is 31.5 Å². The van der Waals surface area contributed by atoms with Crippen molar-refractivity contribution < 1.29 is 9.53 Å². The standard InChI is InChI=1S/C14H20N2O2/c1-15-12(14(17)18-2)10-16-9-5-7-11-6-3-4-8-13(11)16/h3-4,6,8,12,15H,5,7,9-10H2,1-2H3. The summed E-state index contributed by atoms with van der Waals surface area (Å²) in [7, 11) is 3.22. The summed E-state index contributed by atoms with van der Waals surface area (Å²) in [6.07, 6.45) is 2.25. The molecule has 18 heavy (non-hydrogen) atoms. The molecule has 1 atom stereocenters. The van der Waals surface area contributed by atoms with Crippen molar-refractivity contribution in [1.29, 1.82) is 0 Å². The smallest absolute Gasteiger partial charge is 0.324 e. The van der Waals surface area contributed by atoms with Gasteiger partial charge in [0.15, 0.2) is 0 Å². The zero-order valence-corrected chi connectivity index (χ0v) is 11.0.